The van der Waals surface area contributed by atoms with Crippen molar-refractivity contribution in [3.8, 4) is 0 Å². The van der Waals surface area contributed by atoms with Crippen LogP contribution in [0.2, 0.25) is 10.0 Å². The van der Waals surface area contributed by atoms with Crippen molar-refractivity contribution >= 4 is 40.7 Å². The molecule has 2 fully saturated rings. The topological polar surface area (TPSA) is 80.3 Å². The SMILES string of the molecule is CC(C)(C)OC(=O)N1CCN(Cc2ccc(Cl)cc2N2Cc3cccnc3C2)CC1.Clc1ccc(CN2CCNCC2)c(N2Cc3cccnc3C2)c1. The number of nitrogens with one attached hydrogen (secondary N) is 1. The van der Waals surface area contributed by atoms with Gasteiger partial charge in [0.15, 0.2) is 0 Å². The average molecular weight is 758 g/mol. The van der Waals surface area contributed by atoms with Gasteiger partial charge in [-0.15, -0.1) is 0 Å². The number of nitrogens with zero attached hydrogens (tertiary/aromatic N) is 7. The Morgan fingerprint density at radius 1 is 0.698 bits per heavy atom. The Bertz CT molecular complexity index is 1840. The van der Waals surface area contributed by atoms with Crippen LogP contribution in [0, 0.1) is 0 Å². The van der Waals surface area contributed by atoms with Gasteiger partial charge in [-0.05, 0) is 79.4 Å². The number of pyridine rings is 2. The molecule has 280 valence electrons. The molecule has 8 rings (SSSR count). The Hall–Kier alpha value is -3.93. The van der Waals surface area contributed by atoms with E-state index in [-0.39, 0.29) is 6.09 Å². The van der Waals surface area contributed by atoms with Crippen molar-refractivity contribution in [2.45, 2.75) is 65.6 Å². The molecular weight excluding hydrogens is 707 g/mol. The zero-order valence-corrected chi connectivity index (χ0v) is 32.5. The van der Waals surface area contributed by atoms with E-state index in [1.165, 1.54) is 33.6 Å². The third-order valence-electron chi connectivity index (χ3n) is 10.2. The fourth-order valence-electron chi connectivity index (χ4n) is 7.44. The van der Waals surface area contributed by atoms with Crippen LogP contribution in [0.5, 0.6) is 0 Å². The molecule has 0 bridgehead atoms. The van der Waals surface area contributed by atoms with Crippen LogP contribution in [0.4, 0.5) is 16.2 Å². The minimum atomic E-state index is -0.464. The summed E-state index contributed by atoms with van der Waals surface area (Å²) in [4.78, 5) is 32.8. The lowest BCUT2D eigenvalue weighted by molar-refractivity contribution is 0.0139. The fraction of sp³-hybridized carbons (Fsp3) is 0.439. The molecule has 0 spiro atoms. The Morgan fingerprint density at radius 3 is 1.66 bits per heavy atom. The molecule has 0 unspecified atom stereocenters. The van der Waals surface area contributed by atoms with Gasteiger partial charge in [0.05, 0.1) is 24.5 Å². The van der Waals surface area contributed by atoms with E-state index in [1.807, 2.05) is 57.4 Å². The van der Waals surface area contributed by atoms with Gasteiger partial charge in [0, 0.05) is 112 Å². The number of piperazine rings is 2. The third-order valence-corrected chi connectivity index (χ3v) is 10.6. The van der Waals surface area contributed by atoms with E-state index in [9.17, 15) is 4.79 Å². The minimum Gasteiger partial charge on any atom is -0.444 e. The molecule has 10 nitrogen and oxygen atoms in total. The standard InChI is InChI=1S/C23H29ClN4O2.C18H21ClN4/c1-23(2,3)30-22(29)27-11-9-26(10-12-27)14-18-6-7-19(24)13-21(18)28-15-17-5-4-8-25-20(17)16-28;19-16-4-3-15(11-22-8-6-20-7-9-22)18(10-16)23-12-14-2-1-5-21-17(14)13-23/h4-8,13H,9-12,14-16H2,1-3H3;1-5,10,20H,6-9,11-13H2. The molecule has 2 aromatic carbocycles. The number of fused-ring (bicyclic) bond motifs is 2. The molecule has 0 aliphatic carbocycles. The van der Waals surface area contributed by atoms with Gasteiger partial charge in [-0.25, -0.2) is 4.79 Å². The Kier molecular flexibility index (Phi) is 11.7. The van der Waals surface area contributed by atoms with Crippen molar-refractivity contribution in [1.29, 1.82) is 0 Å². The summed E-state index contributed by atoms with van der Waals surface area (Å²) in [7, 11) is 0. The number of rotatable bonds is 6. The number of amides is 1. The minimum absolute atomic E-state index is 0.225. The normalized spacial score (nSPS) is 17.6. The molecular formula is C41H50Cl2N8O2. The molecule has 6 heterocycles. The molecule has 53 heavy (non-hydrogen) atoms. The number of hydrogen-bond acceptors (Lipinski definition) is 9. The molecule has 1 N–H and O–H groups in total. The summed E-state index contributed by atoms with van der Waals surface area (Å²) in [5.74, 6) is 0. The number of anilines is 2. The highest BCUT2D eigenvalue weighted by molar-refractivity contribution is 6.31. The zero-order valence-electron chi connectivity index (χ0n) is 31.0. The van der Waals surface area contributed by atoms with E-state index in [4.69, 9.17) is 27.9 Å². The molecule has 4 aromatic rings. The summed E-state index contributed by atoms with van der Waals surface area (Å²) in [6.45, 7) is 18.3. The van der Waals surface area contributed by atoms with E-state index in [1.54, 1.807) is 4.90 Å². The quantitative estimate of drug-likeness (QED) is 0.225. The summed E-state index contributed by atoms with van der Waals surface area (Å²) in [6.07, 6.45) is 3.50. The molecule has 2 saturated heterocycles. The summed E-state index contributed by atoms with van der Waals surface area (Å²) < 4.78 is 5.50. The number of hydrogen-bond donors (Lipinski definition) is 1. The van der Waals surface area contributed by atoms with Crippen LogP contribution < -0.4 is 15.1 Å². The van der Waals surface area contributed by atoms with Crippen LogP contribution >= 0.6 is 23.2 Å². The Labute approximate surface area is 323 Å². The van der Waals surface area contributed by atoms with Gasteiger partial charge in [-0.2, -0.15) is 0 Å². The Balaban J connectivity index is 0.000000170. The smallest absolute Gasteiger partial charge is 0.410 e. The summed E-state index contributed by atoms with van der Waals surface area (Å²) >= 11 is 12.6. The number of carbonyl (C=O) groups excluding carboxylic acids is 1. The second kappa shape index (κ2) is 16.6. The molecule has 0 radical (unpaired) electrons. The lowest BCUT2D eigenvalue weighted by Gasteiger charge is -2.36. The maximum Gasteiger partial charge on any atom is 0.410 e. The first kappa shape index (κ1) is 37.4. The van der Waals surface area contributed by atoms with Crippen LogP contribution in [0.3, 0.4) is 0 Å². The van der Waals surface area contributed by atoms with Crippen molar-refractivity contribution in [3.05, 3.63) is 117 Å². The van der Waals surface area contributed by atoms with Gasteiger partial charge in [0.2, 0.25) is 0 Å². The van der Waals surface area contributed by atoms with Crippen molar-refractivity contribution in [2.24, 2.45) is 0 Å². The van der Waals surface area contributed by atoms with E-state index in [0.717, 1.165) is 100.0 Å². The van der Waals surface area contributed by atoms with Crippen LogP contribution in [0.25, 0.3) is 0 Å². The largest absolute Gasteiger partial charge is 0.444 e. The van der Waals surface area contributed by atoms with Crippen LogP contribution in [0.15, 0.2) is 73.1 Å². The molecule has 4 aliphatic heterocycles. The van der Waals surface area contributed by atoms with Crippen molar-refractivity contribution in [3.63, 3.8) is 0 Å². The second-order valence-corrected chi connectivity index (χ2v) is 16.1. The first-order valence-corrected chi connectivity index (χ1v) is 19.4. The molecule has 1 amide bonds. The van der Waals surface area contributed by atoms with E-state index >= 15 is 0 Å². The maximum absolute atomic E-state index is 12.3. The van der Waals surface area contributed by atoms with Crippen LogP contribution in [0.1, 0.15) is 54.4 Å². The van der Waals surface area contributed by atoms with Crippen molar-refractivity contribution < 1.29 is 9.53 Å². The molecule has 4 aliphatic rings. The summed E-state index contributed by atoms with van der Waals surface area (Å²) in [5, 5.41) is 4.95. The van der Waals surface area contributed by atoms with Gasteiger partial charge in [0.1, 0.15) is 5.60 Å². The van der Waals surface area contributed by atoms with E-state index in [0.29, 0.717) is 13.1 Å². The molecule has 0 saturated carbocycles. The van der Waals surface area contributed by atoms with E-state index in [2.05, 4.69) is 71.3 Å². The number of benzene rings is 2. The van der Waals surface area contributed by atoms with Crippen LogP contribution in [-0.2, 0) is 44.0 Å². The summed E-state index contributed by atoms with van der Waals surface area (Å²) in [5.41, 5.74) is 9.45. The van der Waals surface area contributed by atoms with Crippen molar-refractivity contribution in [1.82, 2.24) is 30.0 Å². The third kappa shape index (κ3) is 9.60. The Morgan fingerprint density at radius 2 is 1.19 bits per heavy atom. The van der Waals surface area contributed by atoms with Gasteiger partial charge in [0.25, 0.3) is 0 Å². The monoisotopic (exact) mass is 756 g/mol. The predicted octanol–water partition coefficient (Wildman–Crippen LogP) is 6.97. The van der Waals surface area contributed by atoms with Gasteiger partial charge in [-0.1, -0.05) is 47.5 Å². The van der Waals surface area contributed by atoms with E-state index < -0.39 is 5.60 Å². The summed E-state index contributed by atoms with van der Waals surface area (Å²) in [6, 6.07) is 20.7. The molecule has 12 heteroatoms. The second-order valence-electron chi connectivity index (χ2n) is 15.2. The molecule has 2 aromatic heterocycles. The number of ether oxygens (including phenoxy) is 1. The average Bonchev–Trinajstić information content (AvgIpc) is 3.78. The maximum atomic E-state index is 12.3. The number of halogens is 2. The number of carbonyl (C=O) groups is 1. The zero-order chi connectivity index (χ0) is 37.0. The fourth-order valence-corrected chi connectivity index (χ4v) is 7.77. The number of aromatic nitrogens is 2. The van der Waals surface area contributed by atoms with Crippen LogP contribution in [-0.4, -0.2) is 88.7 Å². The van der Waals surface area contributed by atoms with Gasteiger partial charge in [-0.3, -0.25) is 19.8 Å². The molecule has 0 atom stereocenters. The van der Waals surface area contributed by atoms with Crippen molar-refractivity contribution in [2.75, 3.05) is 62.2 Å². The predicted molar refractivity (Wildman–Crippen MR) is 212 cm³/mol. The highest BCUT2D eigenvalue weighted by atomic mass is 35.5. The lowest BCUT2D eigenvalue weighted by Crippen LogP contribution is -2.49. The first-order valence-electron chi connectivity index (χ1n) is 18.6. The highest BCUT2D eigenvalue weighted by Gasteiger charge is 2.28. The van der Waals surface area contributed by atoms with Gasteiger partial charge < -0.3 is 24.8 Å². The van der Waals surface area contributed by atoms with Gasteiger partial charge >= 0.3 is 6.09 Å². The first-order chi connectivity index (χ1) is 25.6. The highest BCUT2D eigenvalue weighted by Crippen LogP contribution is 2.34. The lowest BCUT2D eigenvalue weighted by atomic mass is 10.1.